The summed E-state index contributed by atoms with van der Waals surface area (Å²) < 4.78 is 19.9. The minimum Gasteiger partial charge on any atom is -0.359 e. The van der Waals surface area contributed by atoms with Crippen molar-refractivity contribution < 1.29 is 23.5 Å². The number of nitrogens with one attached hydrogen (secondary N) is 2. The van der Waals surface area contributed by atoms with Crippen molar-refractivity contribution in [3.05, 3.63) is 41.2 Å². The number of nitrogens with zero attached hydrogens (tertiary/aromatic N) is 1. The van der Waals surface area contributed by atoms with Gasteiger partial charge in [0.2, 0.25) is 17.7 Å². The molecule has 2 N–H and O–H groups in total. The van der Waals surface area contributed by atoms with Crippen LogP contribution in [-0.4, -0.2) is 53.0 Å². The zero-order valence-electron chi connectivity index (χ0n) is 20.8. The molecule has 0 unspecified atom stereocenters. The molecule has 36 heavy (non-hydrogen) atoms. The number of amides is 3. The molecule has 4 aliphatic rings. The average molecular weight is 518 g/mol. The average Bonchev–Trinajstić information content (AvgIpc) is 3.47. The number of hydrogen-bond acceptors (Lipinski definition) is 4. The molecule has 1 aliphatic carbocycles. The van der Waals surface area contributed by atoms with Crippen LogP contribution >= 0.6 is 11.6 Å². The number of benzene rings is 1. The van der Waals surface area contributed by atoms with Crippen LogP contribution in [0.3, 0.4) is 0 Å². The van der Waals surface area contributed by atoms with Crippen LogP contribution in [0.1, 0.15) is 46.5 Å². The fourth-order valence-corrected chi connectivity index (χ4v) is 6.78. The van der Waals surface area contributed by atoms with E-state index in [9.17, 15) is 18.8 Å². The smallest absolute Gasteiger partial charge is 0.246 e. The van der Waals surface area contributed by atoms with Gasteiger partial charge in [-0.15, -0.1) is 0 Å². The fourth-order valence-electron chi connectivity index (χ4n) is 6.60. The van der Waals surface area contributed by atoms with Crippen LogP contribution < -0.4 is 10.6 Å². The summed E-state index contributed by atoms with van der Waals surface area (Å²) in [6.45, 7) is 6.73. The standard InChI is InChI=1S/C27H33ClFN3O4/c1-4-12-32-23(25(34)31-19-7-5-6-14(2)15(19)3)27-11-10-20(36-27)21(22(27)26(32)35)24(33)30-16-8-9-18(29)17(28)13-16/h8-11,13-15,19-23H,4-7,12H2,1-3H3,(H,30,33)(H,31,34)/t14-,15+,19-,20+,21-,22+,23+,27+/m1/s1. The van der Waals surface area contributed by atoms with Gasteiger partial charge < -0.3 is 20.3 Å². The number of halogens is 2. The minimum absolute atomic E-state index is 0.0418. The Morgan fingerprint density at radius 2 is 2.03 bits per heavy atom. The lowest BCUT2D eigenvalue weighted by molar-refractivity contribution is -0.141. The predicted octanol–water partition coefficient (Wildman–Crippen LogP) is 3.92. The van der Waals surface area contributed by atoms with E-state index >= 15 is 0 Å². The summed E-state index contributed by atoms with van der Waals surface area (Å²) in [4.78, 5) is 42.5. The zero-order chi connectivity index (χ0) is 25.8. The molecule has 1 aromatic carbocycles. The molecule has 0 aromatic heterocycles. The van der Waals surface area contributed by atoms with E-state index in [0.717, 1.165) is 19.3 Å². The summed E-state index contributed by atoms with van der Waals surface area (Å²) >= 11 is 5.87. The Hall–Kier alpha value is -2.45. The molecule has 7 nitrogen and oxygen atoms in total. The Bertz CT molecular complexity index is 1110. The van der Waals surface area contributed by atoms with Gasteiger partial charge in [0.05, 0.1) is 23.0 Å². The highest BCUT2D eigenvalue weighted by atomic mass is 35.5. The second kappa shape index (κ2) is 9.45. The fraction of sp³-hybridized carbons (Fsp3) is 0.593. The van der Waals surface area contributed by atoms with Gasteiger partial charge >= 0.3 is 0 Å². The highest BCUT2D eigenvalue weighted by Gasteiger charge is 2.72. The zero-order valence-corrected chi connectivity index (χ0v) is 21.6. The van der Waals surface area contributed by atoms with Crippen LogP contribution in [0.5, 0.6) is 0 Å². The van der Waals surface area contributed by atoms with E-state index in [2.05, 4.69) is 24.5 Å². The number of carbonyl (C=O) groups excluding carboxylic acids is 3. The molecular weight excluding hydrogens is 485 g/mol. The lowest BCUT2D eigenvalue weighted by Crippen LogP contribution is -2.57. The van der Waals surface area contributed by atoms with E-state index in [1.165, 1.54) is 18.2 Å². The summed E-state index contributed by atoms with van der Waals surface area (Å²) in [5.74, 6) is -2.24. The van der Waals surface area contributed by atoms with Crippen molar-refractivity contribution in [3.63, 3.8) is 0 Å². The number of hydrogen-bond donors (Lipinski definition) is 2. The first-order chi connectivity index (χ1) is 17.2. The SMILES string of the molecule is CCCN1C(=O)[C@@H]2[C@H](C(=O)Nc3ccc(F)c(Cl)c3)[C@@H]3C=C[C@@]2(O3)[C@@H]1C(=O)N[C@@H]1CCC[C@@H](C)[C@@H]1C. The van der Waals surface area contributed by atoms with Crippen molar-refractivity contribution in [3.8, 4) is 0 Å². The van der Waals surface area contributed by atoms with Crippen molar-refractivity contribution in [1.82, 2.24) is 10.2 Å². The van der Waals surface area contributed by atoms with Crippen LogP contribution in [0.15, 0.2) is 30.4 Å². The predicted molar refractivity (Wildman–Crippen MR) is 134 cm³/mol. The van der Waals surface area contributed by atoms with Gasteiger partial charge in [-0.25, -0.2) is 4.39 Å². The van der Waals surface area contributed by atoms with Gasteiger partial charge in [0.15, 0.2) is 0 Å². The van der Waals surface area contributed by atoms with E-state index in [-0.39, 0.29) is 22.9 Å². The highest BCUT2D eigenvalue weighted by molar-refractivity contribution is 6.31. The Kier molecular flexibility index (Phi) is 6.62. The summed E-state index contributed by atoms with van der Waals surface area (Å²) in [5.41, 5.74) is -0.856. The van der Waals surface area contributed by atoms with Gasteiger partial charge in [0.1, 0.15) is 17.5 Å². The summed E-state index contributed by atoms with van der Waals surface area (Å²) in [6, 6.07) is 3.13. The third-order valence-corrected chi connectivity index (χ3v) is 8.90. The van der Waals surface area contributed by atoms with Crippen LogP contribution in [-0.2, 0) is 19.1 Å². The Morgan fingerprint density at radius 1 is 1.25 bits per heavy atom. The number of ether oxygens (including phenoxy) is 1. The second-order valence-electron chi connectivity index (χ2n) is 10.7. The molecule has 5 rings (SSSR count). The maximum Gasteiger partial charge on any atom is 0.246 e. The first kappa shape index (κ1) is 25.2. The molecule has 3 aliphatic heterocycles. The van der Waals surface area contributed by atoms with Crippen LogP contribution in [0.2, 0.25) is 5.02 Å². The van der Waals surface area contributed by atoms with Crippen LogP contribution in [0.25, 0.3) is 0 Å². The van der Waals surface area contributed by atoms with Gasteiger partial charge in [0.25, 0.3) is 0 Å². The largest absolute Gasteiger partial charge is 0.359 e. The molecule has 1 aromatic rings. The van der Waals surface area contributed by atoms with Crippen molar-refractivity contribution in [1.29, 1.82) is 0 Å². The third-order valence-electron chi connectivity index (χ3n) is 8.61. The van der Waals surface area contributed by atoms with Crippen molar-refractivity contribution >= 4 is 35.0 Å². The van der Waals surface area contributed by atoms with Crippen molar-refractivity contribution in [2.45, 2.75) is 70.2 Å². The maximum atomic E-state index is 13.8. The van der Waals surface area contributed by atoms with E-state index in [4.69, 9.17) is 16.3 Å². The van der Waals surface area contributed by atoms with Crippen molar-refractivity contribution in [2.75, 3.05) is 11.9 Å². The topological polar surface area (TPSA) is 87.7 Å². The third kappa shape index (κ3) is 3.93. The molecule has 3 heterocycles. The molecule has 3 fully saturated rings. The van der Waals surface area contributed by atoms with Crippen molar-refractivity contribution in [2.24, 2.45) is 23.7 Å². The molecule has 194 valence electrons. The number of likely N-dealkylation sites (tertiary alicyclic amines) is 1. The normalized spacial score (nSPS) is 36.8. The number of rotatable bonds is 6. The first-order valence-electron chi connectivity index (χ1n) is 12.9. The molecule has 0 radical (unpaired) electrons. The molecular formula is C27H33ClFN3O4. The summed E-state index contributed by atoms with van der Waals surface area (Å²) in [5, 5.41) is 5.89. The van der Waals surface area contributed by atoms with Gasteiger partial charge in [-0.1, -0.05) is 57.4 Å². The van der Waals surface area contributed by atoms with E-state index in [1.54, 1.807) is 11.0 Å². The molecule has 8 atom stereocenters. The molecule has 3 amide bonds. The molecule has 1 saturated carbocycles. The Balaban J connectivity index is 1.42. The summed E-state index contributed by atoms with van der Waals surface area (Å²) in [6.07, 6.45) is 6.76. The molecule has 9 heteroatoms. The van der Waals surface area contributed by atoms with Gasteiger partial charge in [-0.2, -0.15) is 0 Å². The van der Waals surface area contributed by atoms with E-state index < -0.39 is 41.3 Å². The quantitative estimate of drug-likeness (QED) is 0.560. The van der Waals surface area contributed by atoms with Gasteiger partial charge in [-0.3, -0.25) is 14.4 Å². The molecule has 2 saturated heterocycles. The Morgan fingerprint density at radius 3 is 2.75 bits per heavy atom. The monoisotopic (exact) mass is 517 g/mol. The summed E-state index contributed by atoms with van der Waals surface area (Å²) in [7, 11) is 0. The van der Waals surface area contributed by atoms with Gasteiger partial charge in [-0.05, 0) is 42.9 Å². The van der Waals surface area contributed by atoms with Gasteiger partial charge in [0, 0.05) is 18.3 Å². The number of fused-ring (bicyclic) bond motifs is 1. The van der Waals surface area contributed by atoms with E-state index in [1.807, 2.05) is 13.0 Å². The second-order valence-corrected chi connectivity index (χ2v) is 11.1. The minimum atomic E-state index is -1.19. The van der Waals surface area contributed by atoms with Crippen LogP contribution in [0, 0.1) is 29.5 Å². The highest BCUT2D eigenvalue weighted by Crippen LogP contribution is 2.55. The Labute approximate surface area is 215 Å². The van der Waals surface area contributed by atoms with E-state index in [0.29, 0.717) is 30.5 Å². The maximum absolute atomic E-state index is 13.8. The molecule has 1 spiro atoms. The number of carbonyl (C=O) groups is 3. The lowest BCUT2D eigenvalue weighted by Gasteiger charge is -2.38. The molecule has 2 bridgehead atoms. The number of anilines is 1. The van der Waals surface area contributed by atoms with Crippen LogP contribution in [0.4, 0.5) is 10.1 Å². The first-order valence-corrected chi connectivity index (χ1v) is 13.3. The lowest BCUT2D eigenvalue weighted by atomic mass is 9.73.